The summed E-state index contributed by atoms with van der Waals surface area (Å²) in [6.07, 6.45) is 9.79. The van der Waals surface area contributed by atoms with Crippen LogP contribution in [-0.2, 0) is 28.6 Å². The van der Waals surface area contributed by atoms with E-state index in [0.717, 1.165) is 30.2 Å². The molecule has 37 heavy (non-hydrogen) atoms. The maximum atomic E-state index is 13.4. The second kappa shape index (κ2) is 7.12. The summed E-state index contributed by atoms with van der Waals surface area (Å²) in [5.74, 6) is -0.403. The molecule has 4 aliphatic carbocycles. The first-order chi connectivity index (χ1) is 17.5. The van der Waals surface area contributed by atoms with E-state index in [0.29, 0.717) is 12.0 Å². The molecule has 2 aliphatic heterocycles. The number of fused-ring (bicyclic) bond motifs is 3. The Labute approximate surface area is 215 Å². The number of esters is 1. The van der Waals surface area contributed by atoms with E-state index in [9.17, 15) is 18.0 Å². The van der Waals surface area contributed by atoms with Crippen LogP contribution in [0, 0.1) is 28.6 Å². The van der Waals surface area contributed by atoms with Crippen LogP contribution in [0.3, 0.4) is 0 Å². The van der Waals surface area contributed by atoms with Crippen LogP contribution in [0.25, 0.3) is 0 Å². The van der Waals surface area contributed by atoms with Gasteiger partial charge in [0.05, 0.1) is 24.4 Å². The Hall–Kier alpha value is -2.49. The highest BCUT2D eigenvalue weighted by molar-refractivity contribution is 7.89. The molecule has 9 heteroatoms. The Morgan fingerprint density at radius 1 is 1.19 bits per heavy atom. The van der Waals surface area contributed by atoms with Gasteiger partial charge < -0.3 is 13.9 Å². The Morgan fingerprint density at radius 3 is 2.70 bits per heavy atom. The highest BCUT2D eigenvalue weighted by Gasteiger charge is 2.82. The topological polar surface area (TPSA) is 112 Å². The number of carbonyl (C=O) groups is 2. The zero-order valence-electron chi connectivity index (χ0n) is 21.1. The molecule has 196 valence electrons. The molecule has 7 rings (SSSR count). The third-order valence-electron chi connectivity index (χ3n) is 10.6. The van der Waals surface area contributed by atoms with Gasteiger partial charge in [-0.15, -0.1) is 0 Å². The lowest BCUT2D eigenvalue weighted by Crippen LogP contribution is -2.61. The van der Waals surface area contributed by atoms with Crippen molar-refractivity contribution in [1.82, 2.24) is 0 Å². The Balaban J connectivity index is 1.35. The van der Waals surface area contributed by atoms with Crippen molar-refractivity contribution in [2.45, 2.75) is 63.8 Å². The zero-order chi connectivity index (χ0) is 26.0. The molecule has 1 saturated heterocycles. The van der Waals surface area contributed by atoms with Gasteiger partial charge in [-0.05, 0) is 68.7 Å². The Morgan fingerprint density at radius 2 is 2.00 bits per heavy atom. The van der Waals surface area contributed by atoms with Gasteiger partial charge in [0.15, 0.2) is 5.78 Å². The fourth-order valence-electron chi connectivity index (χ4n) is 9.11. The number of carbonyl (C=O) groups excluding carboxylic acids is 2. The summed E-state index contributed by atoms with van der Waals surface area (Å²) in [6, 6.07) is 3.17. The van der Waals surface area contributed by atoms with Crippen molar-refractivity contribution in [2.24, 2.45) is 28.6 Å². The molecule has 0 N–H and O–H groups in total. The van der Waals surface area contributed by atoms with Crippen molar-refractivity contribution < 1.29 is 36.1 Å². The van der Waals surface area contributed by atoms with Gasteiger partial charge in [0.1, 0.15) is 11.2 Å². The standard InChI is InChI=1S/C28H30O8S/c1-16-11-21-20-7-6-17-12-19(29)8-9-25(17,2)28(20)23(35-28)13-26(21,3)27(16,18-14-34-37(31,32)15-18)36-24(30)22-5-4-10-33-22/h4-5,8-10,12,15-16,20-21,23H,6-7,11,13-14H2,1-3H3/t16-,20+,21+,23+,25+,26+,27+,28-/m1/s1. The fourth-order valence-corrected chi connectivity index (χ4v) is 10.1. The van der Waals surface area contributed by atoms with E-state index in [4.69, 9.17) is 18.1 Å². The van der Waals surface area contributed by atoms with Gasteiger partial charge in [-0.2, -0.15) is 8.42 Å². The van der Waals surface area contributed by atoms with Crippen LogP contribution in [0.5, 0.6) is 0 Å². The van der Waals surface area contributed by atoms with Crippen LogP contribution in [0.4, 0.5) is 0 Å². The number of furan rings is 1. The van der Waals surface area contributed by atoms with Crippen molar-refractivity contribution >= 4 is 21.9 Å². The molecule has 3 heterocycles. The first-order valence-electron chi connectivity index (χ1n) is 13.0. The predicted octanol–water partition coefficient (Wildman–Crippen LogP) is 4.10. The molecule has 0 aromatic carbocycles. The minimum atomic E-state index is -3.86. The van der Waals surface area contributed by atoms with E-state index in [-0.39, 0.29) is 47.4 Å². The fraction of sp³-hybridized carbons (Fsp3) is 0.571. The third kappa shape index (κ3) is 2.77. The Kier molecular flexibility index (Phi) is 4.55. The molecule has 0 radical (unpaired) electrons. The van der Waals surface area contributed by atoms with Gasteiger partial charge in [0, 0.05) is 22.3 Å². The van der Waals surface area contributed by atoms with Crippen LogP contribution in [0.15, 0.2) is 57.6 Å². The number of hydrogen-bond donors (Lipinski definition) is 0. The van der Waals surface area contributed by atoms with Crippen molar-refractivity contribution in [1.29, 1.82) is 0 Å². The van der Waals surface area contributed by atoms with E-state index in [2.05, 4.69) is 13.8 Å². The number of allylic oxidation sites excluding steroid dienone is 2. The quantitative estimate of drug-likeness (QED) is 0.329. The lowest BCUT2D eigenvalue weighted by Gasteiger charge is -2.56. The molecule has 4 fully saturated rings. The second-order valence-corrected chi connectivity index (χ2v) is 13.5. The maximum absolute atomic E-state index is 13.4. The average Bonchev–Trinajstić information content (AvgIpc) is 3.15. The average molecular weight is 527 g/mol. The van der Waals surface area contributed by atoms with Crippen molar-refractivity contribution in [3.05, 3.63) is 58.9 Å². The van der Waals surface area contributed by atoms with Gasteiger partial charge in [0.2, 0.25) is 5.76 Å². The van der Waals surface area contributed by atoms with Gasteiger partial charge >= 0.3 is 5.97 Å². The first-order valence-corrected chi connectivity index (χ1v) is 14.4. The molecule has 1 aromatic rings. The number of hydrogen-bond acceptors (Lipinski definition) is 8. The third-order valence-corrected chi connectivity index (χ3v) is 11.6. The summed E-state index contributed by atoms with van der Waals surface area (Å²) in [5, 5.41) is 1.15. The highest BCUT2D eigenvalue weighted by Crippen LogP contribution is 2.77. The number of ether oxygens (including phenoxy) is 2. The molecular weight excluding hydrogens is 496 g/mol. The summed E-state index contributed by atoms with van der Waals surface area (Å²) in [6.45, 7) is 6.21. The summed E-state index contributed by atoms with van der Waals surface area (Å²) >= 11 is 0. The van der Waals surface area contributed by atoms with Gasteiger partial charge in [-0.25, -0.2) is 4.79 Å². The molecular formula is C28H30O8S. The first kappa shape index (κ1) is 23.6. The van der Waals surface area contributed by atoms with Crippen LogP contribution < -0.4 is 0 Å². The zero-order valence-corrected chi connectivity index (χ0v) is 21.9. The smallest absolute Gasteiger partial charge is 0.375 e. The number of ketones is 1. The lowest BCUT2D eigenvalue weighted by molar-refractivity contribution is -0.112. The van der Waals surface area contributed by atoms with E-state index in [1.807, 2.05) is 13.0 Å². The van der Waals surface area contributed by atoms with E-state index < -0.39 is 32.7 Å². The molecule has 1 spiro atoms. The molecule has 6 aliphatic rings. The monoisotopic (exact) mass is 526 g/mol. The molecule has 8 nitrogen and oxygen atoms in total. The molecule has 3 saturated carbocycles. The summed E-state index contributed by atoms with van der Waals surface area (Å²) in [4.78, 5) is 25.5. The van der Waals surface area contributed by atoms with Crippen LogP contribution in [0.2, 0.25) is 0 Å². The van der Waals surface area contributed by atoms with Crippen molar-refractivity contribution in [3.8, 4) is 0 Å². The van der Waals surface area contributed by atoms with Crippen LogP contribution in [0.1, 0.15) is 57.0 Å². The van der Waals surface area contributed by atoms with Crippen molar-refractivity contribution in [2.75, 3.05) is 6.61 Å². The minimum Gasteiger partial charge on any atom is -0.457 e. The van der Waals surface area contributed by atoms with E-state index in [1.165, 1.54) is 6.26 Å². The van der Waals surface area contributed by atoms with Crippen molar-refractivity contribution in [3.63, 3.8) is 0 Å². The van der Waals surface area contributed by atoms with Crippen LogP contribution in [-0.4, -0.2) is 44.1 Å². The van der Waals surface area contributed by atoms with Gasteiger partial charge in [-0.3, -0.25) is 8.98 Å². The molecule has 0 bridgehead atoms. The number of rotatable bonds is 3. The maximum Gasteiger partial charge on any atom is 0.375 e. The van der Waals surface area contributed by atoms with E-state index >= 15 is 0 Å². The second-order valence-electron chi connectivity index (χ2n) is 12.0. The van der Waals surface area contributed by atoms with Gasteiger partial charge in [0.25, 0.3) is 10.1 Å². The summed E-state index contributed by atoms with van der Waals surface area (Å²) < 4.78 is 48.4. The lowest BCUT2D eigenvalue weighted by atomic mass is 9.46. The van der Waals surface area contributed by atoms with Crippen LogP contribution >= 0.6 is 0 Å². The van der Waals surface area contributed by atoms with E-state index in [1.54, 1.807) is 24.3 Å². The van der Waals surface area contributed by atoms with Gasteiger partial charge in [-0.1, -0.05) is 25.5 Å². The SMILES string of the molecule is C[C@@H]1C[C@H]2[C@@H]3CCC4=CC(=O)C=C[C@]4(C)[C@@]34O[C@H]4C[C@]2(C)[C@@]1(OC(=O)c1ccco1)C1=CS(=O)(=O)OC1. The molecule has 8 atom stereocenters. The normalized spacial score (nSPS) is 46.7. The molecule has 1 aromatic heterocycles. The molecule has 0 unspecified atom stereocenters. The Bertz CT molecular complexity index is 1420. The minimum absolute atomic E-state index is 0.0212. The summed E-state index contributed by atoms with van der Waals surface area (Å²) in [7, 11) is -3.86. The summed E-state index contributed by atoms with van der Waals surface area (Å²) in [5.41, 5.74) is -0.963. The molecule has 0 amide bonds. The largest absolute Gasteiger partial charge is 0.457 e. The number of epoxide rings is 1. The predicted molar refractivity (Wildman–Crippen MR) is 130 cm³/mol. The highest BCUT2D eigenvalue weighted by atomic mass is 32.2.